The Hall–Kier alpha value is -1.79. The number of aromatic nitrogens is 1. The van der Waals surface area contributed by atoms with Crippen molar-refractivity contribution < 1.29 is 18.4 Å². The van der Waals surface area contributed by atoms with Crippen LogP contribution in [-0.2, 0) is 6.61 Å². The van der Waals surface area contributed by atoms with Crippen molar-refractivity contribution in [3.8, 4) is 11.6 Å². The van der Waals surface area contributed by atoms with Crippen molar-refractivity contribution in [3.05, 3.63) is 41.9 Å². The van der Waals surface area contributed by atoms with E-state index in [4.69, 9.17) is 14.0 Å². The van der Waals surface area contributed by atoms with Crippen LogP contribution in [0.15, 0.2) is 34.9 Å². The summed E-state index contributed by atoms with van der Waals surface area (Å²) in [4.78, 5) is 2.27. The number of likely N-dealkylation sites (N-methyl/N-ethyl adjacent to an activating group) is 1. The van der Waals surface area contributed by atoms with Gasteiger partial charge in [0.05, 0.1) is 0 Å². The Morgan fingerprint density at radius 2 is 2.12 bits per heavy atom. The maximum atomic E-state index is 13.0. The number of hydrogen-bond donors (Lipinski definition) is 0. The van der Waals surface area contributed by atoms with E-state index in [0.29, 0.717) is 24.0 Å². The third-order valence-electron chi connectivity index (χ3n) is 3.70. The van der Waals surface area contributed by atoms with Gasteiger partial charge in [0.15, 0.2) is 5.76 Å². The Balaban J connectivity index is 0.00000208. The molecule has 1 aromatic carbocycles. The lowest BCUT2D eigenvalue weighted by atomic mass is 10.3. The number of benzene rings is 1. The molecule has 1 aromatic heterocycles. The molecule has 3 rings (SSSR count). The molecule has 24 heavy (non-hydrogen) atoms. The molecule has 0 amide bonds. The number of rotatable bonds is 9. The zero-order chi connectivity index (χ0) is 16.1. The van der Waals surface area contributed by atoms with E-state index in [9.17, 15) is 4.39 Å². The van der Waals surface area contributed by atoms with Crippen molar-refractivity contribution in [2.24, 2.45) is 5.92 Å². The molecule has 0 radical (unpaired) electrons. The van der Waals surface area contributed by atoms with E-state index in [2.05, 4.69) is 17.1 Å². The molecule has 1 fully saturated rings. The lowest BCUT2D eigenvalue weighted by Gasteiger charge is -2.15. The van der Waals surface area contributed by atoms with Crippen LogP contribution in [0.5, 0.6) is 11.6 Å². The quantitative estimate of drug-likeness (QED) is 0.687. The Kier molecular flexibility index (Phi) is 6.87. The van der Waals surface area contributed by atoms with Gasteiger partial charge in [0.25, 0.3) is 5.88 Å². The van der Waals surface area contributed by atoms with Crippen LogP contribution in [-0.4, -0.2) is 36.8 Å². The lowest BCUT2D eigenvalue weighted by molar-refractivity contribution is 0.212. The Morgan fingerprint density at radius 1 is 1.29 bits per heavy atom. The van der Waals surface area contributed by atoms with E-state index in [0.717, 1.165) is 19.0 Å². The normalized spacial score (nSPS) is 13.6. The number of ether oxygens (including phenoxy) is 2. The first-order valence-electron chi connectivity index (χ1n) is 7.84. The van der Waals surface area contributed by atoms with Gasteiger partial charge in [0, 0.05) is 25.2 Å². The number of halogens is 2. The Labute approximate surface area is 147 Å². The summed E-state index contributed by atoms with van der Waals surface area (Å²) in [6.07, 6.45) is 2.70. The van der Waals surface area contributed by atoms with Crippen molar-refractivity contribution in [3.63, 3.8) is 0 Å². The second-order valence-electron chi connectivity index (χ2n) is 5.93. The first kappa shape index (κ1) is 18.5. The molecule has 0 atom stereocenters. The molecule has 0 saturated heterocycles. The summed E-state index contributed by atoms with van der Waals surface area (Å²) in [5.41, 5.74) is 0. The molecular weight excluding hydrogens is 335 g/mol. The highest BCUT2D eigenvalue weighted by molar-refractivity contribution is 5.85. The minimum absolute atomic E-state index is 0. The maximum absolute atomic E-state index is 13.0. The standard InChI is InChI=1S/C17H21FN2O3.ClH/c1-20(11-13-5-6-13)7-8-21-17-10-16(23-19-17)12-22-15-4-2-3-14(18)9-15;/h2-4,9-10,13H,5-8,11-12H2,1H3;1H. The van der Waals surface area contributed by atoms with E-state index >= 15 is 0 Å². The summed E-state index contributed by atoms with van der Waals surface area (Å²) in [5, 5.41) is 3.85. The third kappa shape index (κ3) is 6.02. The van der Waals surface area contributed by atoms with Gasteiger partial charge < -0.3 is 18.9 Å². The van der Waals surface area contributed by atoms with Crippen LogP contribution in [0.4, 0.5) is 4.39 Å². The van der Waals surface area contributed by atoms with Gasteiger partial charge in [-0.15, -0.1) is 12.4 Å². The van der Waals surface area contributed by atoms with Gasteiger partial charge >= 0.3 is 0 Å². The summed E-state index contributed by atoms with van der Waals surface area (Å²) in [5.74, 6) is 1.97. The molecule has 5 nitrogen and oxygen atoms in total. The van der Waals surface area contributed by atoms with Gasteiger partial charge in [0.2, 0.25) is 0 Å². The SMILES string of the molecule is CN(CCOc1cc(COc2cccc(F)c2)on1)CC1CC1.Cl. The minimum atomic E-state index is -0.334. The molecule has 0 unspecified atom stereocenters. The fourth-order valence-corrected chi connectivity index (χ4v) is 2.28. The molecule has 0 N–H and O–H groups in total. The first-order chi connectivity index (χ1) is 11.2. The fourth-order valence-electron chi connectivity index (χ4n) is 2.28. The zero-order valence-electron chi connectivity index (χ0n) is 13.6. The maximum Gasteiger partial charge on any atom is 0.254 e. The molecule has 1 aliphatic rings. The summed E-state index contributed by atoms with van der Waals surface area (Å²) >= 11 is 0. The molecule has 2 aromatic rings. The van der Waals surface area contributed by atoms with Gasteiger partial charge in [-0.05, 0) is 43.1 Å². The van der Waals surface area contributed by atoms with E-state index in [1.807, 2.05) is 0 Å². The second kappa shape index (κ2) is 8.89. The lowest BCUT2D eigenvalue weighted by Crippen LogP contribution is -2.26. The van der Waals surface area contributed by atoms with E-state index in [1.54, 1.807) is 18.2 Å². The molecule has 1 aliphatic carbocycles. The van der Waals surface area contributed by atoms with Crippen LogP contribution in [0.1, 0.15) is 18.6 Å². The van der Waals surface area contributed by atoms with Crippen molar-refractivity contribution in [1.82, 2.24) is 10.1 Å². The van der Waals surface area contributed by atoms with Crippen LogP contribution >= 0.6 is 12.4 Å². The van der Waals surface area contributed by atoms with Gasteiger partial charge in [-0.2, -0.15) is 0 Å². The zero-order valence-corrected chi connectivity index (χ0v) is 14.4. The molecule has 0 spiro atoms. The topological polar surface area (TPSA) is 47.7 Å². The summed E-state index contributed by atoms with van der Waals surface area (Å²) < 4.78 is 29.2. The molecule has 7 heteroatoms. The molecule has 0 bridgehead atoms. The van der Waals surface area contributed by atoms with Crippen LogP contribution in [0.2, 0.25) is 0 Å². The van der Waals surface area contributed by atoms with Gasteiger partial charge in [-0.25, -0.2) is 4.39 Å². The van der Waals surface area contributed by atoms with Crippen LogP contribution in [0.3, 0.4) is 0 Å². The van der Waals surface area contributed by atoms with E-state index < -0.39 is 0 Å². The summed E-state index contributed by atoms with van der Waals surface area (Å²) in [6, 6.07) is 7.67. The minimum Gasteiger partial charge on any atom is -0.485 e. The highest BCUT2D eigenvalue weighted by Gasteiger charge is 2.22. The number of nitrogens with zero attached hydrogens (tertiary/aromatic N) is 2. The van der Waals surface area contributed by atoms with E-state index in [-0.39, 0.29) is 24.8 Å². The van der Waals surface area contributed by atoms with E-state index in [1.165, 1.54) is 25.0 Å². The number of hydrogen-bond acceptors (Lipinski definition) is 5. The first-order valence-corrected chi connectivity index (χ1v) is 7.84. The van der Waals surface area contributed by atoms with Crippen molar-refractivity contribution in [2.75, 3.05) is 26.7 Å². The smallest absolute Gasteiger partial charge is 0.254 e. The summed E-state index contributed by atoms with van der Waals surface area (Å²) in [7, 11) is 2.10. The van der Waals surface area contributed by atoms with Gasteiger partial charge in [-0.1, -0.05) is 6.07 Å². The van der Waals surface area contributed by atoms with Gasteiger partial charge in [-0.3, -0.25) is 0 Å². The predicted octanol–water partition coefficient (Wildman–Crippen LogP) is 3.54. The Morgan fingerprint density at radius 3 is 2.88 bits per heavy atom. The van der Waals surface area contributed by atoms with Crippen LogP contribution < -0.4 is 9.47 Å². The predicted molar refractivity (Wildman–Crippen MR) is 90.2 cm³/mol. The highest BCUT2D eigenvalue weighted by atomic mass is 35.5. The highest BCUT2D eigenvalue weighted by Crippen LogP contribution is 2.29. The fraction of sp³-hybridized carbons (Fsp3) is 0.471. The molecule has 132 valence electrons. The molecule has 0 aliphatic heterocycles. The third-order valence-corrected chi connectivity index (χ3v) is 3.70. The second-order valence-corrected chi connectivity index (χ2v) is 5.93. The summed E-state index contributed by atoms with van der Waals surface area (Å²) in [6.45, 7) is 2.74. The van der Waals surface area contributed by atoms with Crippen molar-refractivity contribution in [1.29, 1.82) is 0 Å². The molecule has 1 saturated carbocycles. The largest absolute Gasteiger partial charge is 0.485 e. The molecule has 1 heterocycles. The van der Waals surface area contributed by atoms with Crippen molar-refractivity contribution in [2.45, 2.75) is 19.4 Å². The average molecular weight is 357 g/mol. The van der Waals surface area contributed by atoms with Crippen molar-refractivity contribution >= 4 is 12.4 Å². The molecular formula is C17H22ClFN2O3. The Bertz CT molecular complexity index is 634. The monoisotopic (exact) mass is 356 g/mol. The van der Waals surface area contributed by atoms with Crippen LogP contribution in [0, 0.1) is 11.7 Å². The van der Waals surface area contributed by atoms with Gasteiger partial charge in [0.1, 0.15) is 24.8 Å². The average Bonchev–Trinajstić information content (AvgIpc) is 3.22. The van der Waals surface area contributed by atoms with Crippen LogP contribution in [0.25, 0.3) is 0 Å².